The molecule has 0 unspecified atom stereocenters. The van der Waals surface area contributed by atoms with Gasteiger partial charge in [-0.25, -0.2) is 8.78 Å². The van der Waals surface area contributed by atoms with Crippen molar-refractivity contribution in [3.05, 3.63) is 52.5 Å². The molecule has 0 bridgehead atoms. The van der Waals surface area contributed by atoms with Crippen LogP contribution in [0, 0.1) is 0 Å². The number of methoxy groups -OCH3 is 1. The average Bonchev–Trinajstić information content (AvgIpc) is 2.38. The Morgan fingerprint density at radius 2 is 1.67 bits per heavy atom. The van der Waals surface area contributed by atoms with Gasteiger partial charge in [-0.15, -0.1) is 0 Å². The van der Waals surface area contributed by atoms with E-state index in [1.54, 1.807) is 36.4 Å². The number of hydrogen-bond acceptors (Lipinski definition) is 1. The van der Waals surface area contributed by atoms with Crippen LogP contribution in [0.15, 0.2) is 46.9 Å². The number of benzene rings is 2. The van der Waals surface area contributed by atoms with E-state index in [2.05, 4.69) is 15.9 Å². The first kappa shape index (κ1) is 13.0. The highest BCUT2D eigenvalue weighted by Gasteiger charge is 2.19. The molecule has 2 aromatic carbocycles. The Labute approximate surface area is 113 Å². The van der Waals surface area contributed by atoms with Crippen molar-refractivity contribution >= 4 is 15.9 Å². The lowest BCUT2D eigenvalue weighted by Gasteiger charge is -2.13. The van der Waals surface area contributed by atoms with Gasteiger partial charge in [-0.1, -0.05) is 46.3 Å². The predicted molar refractivity (Wildman–Crippen MR) is 71.1 cm³/mol. The molecule has 0 aliphatic rings. The van der Waals surface area contributed by atoms with Crippen molar-refractivity contribution in [1.82, 2.24) is 0 Å². The molecule has 0 aliphatic heterocycles. The first-order chi connectivity index (χ1) is 8.65. The van der Waals surface area contributed by atoms with E-state index in [0.29, 0.717) is 21.3 Å². The van der Waals surface area contributed by atoms with E-state index >= 15 is 0 Å². The fraction of sp³-hybridized carbons (Fsp3) is 0.143. The number of alkyl halides is 2. The number of rotatable bonds is 3. The summed E-state index contributed by atoms with van der Waals surface area (Å²) in [6.45, 7) is 0. The molecule has 0 spiro atoms. The summed E-state index contributed by atoms with van der Waals surface area (Å²) in [5.41, 5.74) is 1.13. The number of para-hydroxylation sites is 1. The summed E-state index contributed by atoms with van der Waals surface area (Å²) in [6.07, 6.45) is -2.54. The normalized spacial score (nSPS) is 10.7. The van der Waals surface area contributed by atoms with E-state index in [1.807, 2.05) is 6.07 Å². The quantitative estimate of drug-likeness (QED) is 0.769. The maximum absolute atomic E-state index is 13.1. The number of halogens is 3. The summed E-state index contributed by atoms with van der Waals surface area (Å²) in [6, 6.07) is 12.1. The van der Waals surface area contributed by atoms with Crippen molar-refractivity contribution in [2.45, 2.75) is 6.43 Å². The van der Waals surface area contributed by atoms with Gasteiger partial charge in [-0.3, -0.25) is 0 Å². The molecule has 0 heterocycles. The molecule has 0 aromatic heterocycles. The minimum Gasteiger partial charge on any atom is -0.496 e. The van der Waals surface area contributed by atoms with Gasteiger partial charge in [0.2, 0.25) is 0 Å². The predicted octanol–water partition coefficient (Wildman–Crippen LogP) is 5.06. The van der Waals surface area contributed by atoms with Crippen molar-refractivity contribution in [1.29, 1.82) is 0 Å². The van der Waals surface area contributed by atoms with Gasteiger partial charge in [-0.2, -0.15) is 0 Å². The van der Waals surface area contributed by atoms with Crippen molar-refractivity contribution in [2.75, 3.05) is 7.11 Å². The van der Waals surface area contributed by atoms with Crippen LogP contribution in [0.1, 0.15) is 12.0 Å². The monoisotopic (exact) mass is 312 g/mol. The summed E-state index contributed by atoms with van der Waals surface area (Å²) in [5.74, 6) is 0.581. The topological polar surface area (TPSA) is 9.23 Å². The minimum absolute atomic E-state index is 0.0120. The molecule has 2 rings (SSSR count). The van der Waals surface area contributed by atoms with Crippen molar-refractivity contribution < 1.29 is 13.5 Å². The fourth-order valence-electron chi connectivity index (χ4n) is 1.86. The largest absolute Gasteiger partial charge is 0.496 e. The SMILES string of the molecule is COc1ccccc1-c1cccc(Br)c1C(F)F. The Morgan fingerprint density at radius 1 is 1.00 bits per heavy atom. The zero-order chi connectivity index (χ0) is 13.1. The Morgan fingerprint density at radius 3 is 2.33 bits per heavy atom. The molecular weight excluding hydrogens is 302 g/mol. The third-order valence-electron chi connectivity index (χ3n) is 2.67. The summed E-state index contributed by atoms with van der Waals surface area (Å²) < 4.78 is 31.9. The van der Waals surface area contributed by atoms with Crippen molar-refractivity contribution in [2.24, 2.45) is 0 Å². The van der Waals surface area contributed by atoms with E-state index in [1.165, 1.54) is 7.11 Å². The van der Waals surface area contributed by atoms with Gasteiger partial charge in [0, 0.05) is 15.6 Å². The lowest BCUT2D eigenvalue weighted by Crippen LogP contribution is -1.94. The Balaban J connectivity index is 2.67. The second-order valence-corrected chi connectivity index (χ2v) is 4.56. The van der Waals surface area contributed by atoms with Crippen LogP contribution in [0.4, 0.5) is 8.78 Å². The van der Waals surface area contributed by atoms with Gasteiger partial charge in [0.05, 0.1) is 7.11 Å². The molecule has 0 saturated carbocycles. The van der Waals surface area contributed by atoms with Crippen LogP contribution in [0.3, 0.4) is 0 Å². The zero-order valence-electron chi connectivity index (χ0n) is 9.66. The van der Waals surface area contributed by atoms with Crippen LogP contribution >= 0.6 is 15.9 Å². The second-order valence-electron chi connectivity index (χ2n) is 3.70. The zero-order valence-corrected chi connectivity index (χ0v) is 11.2. The maximum Gasteiger partial charge on any atom is 0.265 e. The second kappa shape index (κ2) is 5.48. The highest BCUT2D eigenvalue weighted by atomic mass is 79.9. The molecule has 0 radical (unpaired) electrons. The molecule has 0 fully saturated rings. The van der Waals surface area contributed by atoms with Gasteiger partial charge in [0.15, 0.2) is 0 Å². The third kappa shape index (κ3) is 2.38. The van der Waals surface area contributed by atoms with Crippen molar-refractivity contribution in [3.63, 3.8) is 0 Å². The molecular formula is C14H11BrF2O. The summed E-state index contributed by atoms with van der Waals surface area (Å²) in [5, 5.41) is 0. The highest BCUT2D eigenvalue weighted by molar-refractivity contribution is 9.10. The first-order valence-corrected chi connectivity index (χ1v) is 6.14. The fourth-order valence-corrected chi connectivity index (χ4v) is 2.40. The van der Waals surface area contributed by atoms with Gasteiger partial charge >= 0.3 is 0 Å². The molecule has 0 aliphatic carbocycles. The number of hydrogen-bond donors (Lipinski definition) is 0. The van der Waals surface area contributed by atoms with Crippen molar-refractivity contribution in [3.8, 4) is 16.9 Å². The third-order valence-corrected chi connectivity index (χ3v) is 3.36. The first-order valence-electron chi connectivity index (χ1n) is 5.35. The molecule has 0 atom stereocenters. The average molecular weight is 313 g/mol. The molecule has 0 amide bonds. The summed E-state index contributed by atoms with van der Waals surface area (Å²) in [7, 11) is 1.53. The lowest BCUT2D eigenvalue weighted by molar-refractivity contribution is 0.151. The van der Waals surface area contributed by atoms with E-state index in [9.17, 15) is 8.78 Å². The Hall–Kier alpha value is -1.42. The Bertz CT molecular complexity index is 555. The smallest absolute Gasteiger partial charge is 0.265 e. The molecule has 4 heteroatoms. The number of ether oxygens (including phenoxy) is 1. The van der Waals surface area contributed by atoms with Crippen LogP contribution in [-0.2, 0) is 0 Å². The molecule has 0 N–H and O–H groups in total. The standard InChI is InChI=1S/C14H11BrF2O/c1-18-12-8-3-2-5-9(12)10-6-4-7-11(15)13(10)14(16)17/h2-8,14H,1H3. The van der Waals surface area contributed by atoms with Crippen LogP contribution in [0.25, 0.3) is 11.1 Å². The van der Waals surface area contributed by atoms with Gasteiger partial charge in [-0.05, 0) is 17.7 Å². The molecule has 0 saturated heterocycles. The van der Waals surface area contributed by atoms with Gasteiger partial charge in [0.1, 0.15) is 5.75 Å². The minimum atomic E-state index is -2.54. The van der Waals surface area contributed by atoms with E-state index < -0.39 is 6.43 Å². The Kier molecular flexibility index (Phi) is 3.97. The summed E-state index contributed by atoms with van der Waals surface area (Å²) in [4.78, 5) is 0. The van der Waals surface area contributed by atoms with E-state index in [-0.39, 0.29) is 5.56 Å². The highest BCUT2D eigenvalue weighted by Crippen LogP contribution is 2.39. The molecule has 94 valence electrons. The molecule has 1 nitrogen and oxygen atoms in total. The van der Waals surface area contributed by atoms with Gasteiger partial charge < -0.3 is 4.74 Å². The van der Waals surface area contributed by atoms with E-state index in [4.69, 9.17) is 4.74 Å². The molecule has 2 aromatic rings. The van der Waals surface area contributed by atoms with Crippen LogP contribution < -0.4 is 4.74 Å². The summed E-state index contributed by atoms with van der Waals surface area (Å²) >= 11 is 3.17. The van der Waals surface area contributed by atoms with Gasteiger partial charge in [0.25, 0.3) is 6.43 Å². The molecule has 18 heavy (non-hydrogen) atoms. The van der Waals surface area contributed by atoms with Crippen LogP contribution in [-0.4, -0.2) is 7.11 Å². The lowest BCUT2D eigenvalue weighted by atomic mass is 9.99. The van der Waals surface area contributed by atoms with Crippen LogP contribution in [0.5, 0.6) is 5.75 Å². The van der Waals surface area contributed by atoms with E-state index in [0.717, 1.165) is 0 Å². The van der Waals surface area contributed by atoms with Crippen LogP contribution in [0.2, 0.25) is 0 Å². The maximum atomic E-state index is 13.1.